The van der Waals surface area contributed by atoms with Crippen LogP contribution in [0.3, 0.4) is 0 Å². The zero-order chi connectivity index (χ0) is 18.6. The largest absolute Gasteiger partial charge is 0.431 e. The van der Waals surface area contributed by atoms with Gasteiger partial charge in [0.1, 0.15) is 5.52 Å². The van der Waals surface area contributed by atoms with Crippen molar-refractivity contribution in [2.45, 2.75) is 31.4 Å². The molecular formula is C20H21N3O2S. The Balaban J connectivity index is 1.49. The van der Waals surface area contributed by atoms with Crippen LogP contribution < -0.4 is 5.43 Å². The summed E-state index contributed by atoms with van der Waals surface area (Å²) in [6.07, 6.45) is 1.63. The van der Waals surface area contributed by atoms with Gasteiger partial charge in [-0.3, -0.25) is 4.79 Å². The molecule has 6 heteroatoms. The van der Waals surface area contributed by atoms with E-state index < -0.39 is 0 Å². The van der Waals surface area contributed by atoms with E-state index in [0.717, 1.165) is 11.1 Å². The van der Waals surface area contributed by atoms with E-state index in [1.54, 1.807) is 6.21 Å². The van der Waals surface area contributed by atoms with Gasteiger partial charge in [-0.2, -0.15) is 5.10 Å². The Morgan fingerprint density at radius 3 is 2.62 bits per heavy atom. The second kappa shape index (κ2) is 7.74. The van der Waals surface area contributed by atoms with Crippen LogP contribution in [0.4, 0.5) is 0 Å². The Hall–Kier alpha value is -2.60. The van der Waals surface area contributed by atoms with Gasteiger partial charge in [0.2, 0.25) is 0 Å². The summed E-state index contributed by atoms with van der Waals surface area (Å²) in [5.41, 5.74) is 6.33. The van der Waals surface area contributed by atoms with Gasteiger partial charge < -0.3 is 4.42 Å². The first-order valence-corrected chi connectivity index (χ1v) is 9.31. The number of amides is 1. The molecule has 26 heavy (non-hydrogen) atoms. The molecule has 0 aliphatic rings. The van der Waals surface area contributed by atoms with Crippen LogP contribution in [0.25, 0.3) is 11.1 Å². The van der Waals surface area contributed by atoms with Gasteiger partial charge in [-0.1, -0.05) is 68.9 Å². The highest BCUT2D eigenvalue weighted by Gasteiger charge is 2.12. The molecule has 1 heterocycles. The minimum absolute atomic E-state index is 0.117. The highest BCUT2D eigenvalue weighted by atomic mass is 32.2. The summed E-state index contributed by atoms with van der Waals surface area (Å²) in [6.45, 7) is 6.51. The molecule has 0 fully saturated rings. The number of hydrogen-bond donors (Lipinski definition) is 1. The molecule has 0 saturated heterocycles. The van der Waals surface area contributed by atoms with Crippen LogP contribution in [0.1, 0.15) is 31.9 Å². The summed E-state index contributed by atoms with van der Waals surface area (Å²) in [6, 6.07) is 15.6. The molecule has 5 nitrogen and oxygen atoms in total. The molecule has 0 bridgehead atoms. The number of fused-ring (bicyclic) bond motifs is 1. The van der Waals surface area contributed by atoms with E-state index in [-0.39, 0.29) is 17.1 Å². The molecule has 3 rings (SSSR count). The van der Waals surface area contributed by atoms with Crippen molar-refractivity contribution in [1.82, 2.24) is 10.4 Å². The van der Waals surface area contributed by atoms with Crippen LogP contribution in [-0.4, -0.2) is 22.9 Å². The maximum absolute atomic E-state index is 11.9. The van der Waals surface area contributed by atoms with Crippen LogP contribution >= 0.6 is 11.8 Å². The SMILES string of the molecule is CC(C)(C)c1ccc(/C=N/NC(=O)CSc2nc3ccccc3o2)cc1. The molecule has 0 radical (unpaired) electrons. The standard InChI is InChI=1S/C20H21N3O2S/c1-20(2,3)15-10-8-14(9-11-15)12-21-23-18(24)13-26-19-22-16-6-4-5-7-17(16)25-19/h4-12H,13H2,1-3H3,(H,23,24)/b21-12+. The summed E-state index contributed by atoms with van der Waals surface area (Å²) in [5, 5.41) is 4.47. The van der Waals surface area contributed by atoms with Gasteiger partial charge in [0.05, 0.1) is 12.0 Å². The molecule has 3 aromatic rings. The Bertz CT molecular complexity index is 891. The smallest absolute Gasteiger partial charge is 0.257 e. The number of aromatic nitrogens is 1. The van der Waals surface area contributed by atoms with Crippen molar-refractivity contribution in [3.8, 4) is 0 Å². The Morgan fingerprint density at radius 1 is 1.19 bits per heavy atom. The van der Waals surface area contributed by atoms with Crippen molar-refractivity contribution in [1.29, 1.82) is 0 Å². The number of hydrazone groups is 1. The summed E-state index contributed by atoms with van der Waals surface area (Å²) in [5.74, 6) is -0.0209. The quantitative estimate of drug-likeness (QED) is 0.413. The van der Waals surface area contributed by atoms with E-state index in [1.165, 1.54) is 17.3 Å². The molecule has 0 atom stereocenters. The van der Waals surface area contributed by atoms with Gasteiger partial charge in [-0.05, 0) is 28.7 Å². The minimum atomic E-state index is -0.209. The Morgan fingerprint density at radius 2 is 1.92 bits per heavy atom. The zero-order valence-corrected chi connectivity index (χ0v) is 15.8. The number of hydrogen-bond acceptors (Lipinski definition) is 5. The fourth-order valence-electron chi connectivity index (χ4n) is 2.32. The van der Waals surface area contributed by atoms with Crippen molar-refractivity contribution >= 4 is 35.0 Å². The lowest BCUT2D eigenvalue weighted by atomic mass is 9.87. The molecule has 0 saturated carbocycles. The minimum Gasteiger partial charge on any atom is -0.431 e. The van der Waals surface area contributed by atoms with E-state index in [1.807, 2.05) is 36.4 Å². The monoisotopic (exact) mass is 367 g/mol. The van der Waals surface area contributed by atoms with E-state index >= 15 is 0 Å². The predicted octanol–water partition coefficient (Wildman–Crippen LogP) is 4.37. The van der Waals surface area contributed by atoms with Gasteiger partial charge in [-0.25, -0.2) is 10.4 Å². The van der Waals surface area contributed by atoms with E-state index in [2.05, 4.69) is 48.4 Å². The molecule has 1 N–H and O–H groups in total. The summed E-state index contributed by atoms with van der Waals surface area (Å²) < 4.78 is 5.56. The first-order chi connectivity index (χ1) is 12.4. The average molecular weight is 367 g/mol. The van der Waals surface area contributed by atoms with E-state index in [0.29, 0.717) is 10.8 Å². The maximum Gasteiger partial charge on any atom is 0.257 e. The van der Waals surface area contributed by atoms with Crippen molar-refractivity contribution < 1.29 is 9.21 Å². The lowest BCUT2D eigenvalue weighted by Gasteiger charge is -2.18. The average Bonchev–Trinajstić information content (AvgIpc) is 3.03. The topological polar surface area (TPSA) is 67.5 Å². The second-order valence-corrected chi connectivity index (χ2v) is 7.83. The van der Waals surface area contributed by atoms with Gasteiger partial charge in [0.15, 0.2) is 5.58 Å². The van der Waals surface area contributed by atoms with Crippen molar-refractivity contribution in [3.05, 3.63) is 59.7 Å². The fourth-order valence-corrected chi connectivity index (χ4v) is 2.95. The molecule has 1 amide bonds. The maximum atomic E-state index is 11.9. The molecule has 0 aliphatic carbocycles. The third-order valence-electron chi connectivity index (χ3n) is 3.78. The predicted molar refractivity (Wildman–Crippen MR) is 106 cm³/mol. The summed E-state index contributed by atoms with van der Waals surface area (Å²) >= 11 is 1.24. The Kier molecular flexibility index (Phi) is 5.42. The molecular weight excluding hydrogens is 346 g/mol. The highest BCUT2D eigenvalue weighted by Crippen LogP contribution is 2.23. The van der Waals surface area contributed by atoms with E-state index in [9.17, 15) is 4.79 Å². The second-order valence-electron chi connectivity index (χ2n) is 6.90. The number of para-hydroxylation sites is 2. The first-order valence-electron chi connectivity index (χ1n) is 8.33. The molecule has 1 aromatic heterocycles. The fraction of sp³-hybridized carbons (Fsp3) is 0.250. The van der Waals surface area contributed by atoms with Crippen LogP contribution in [0.5, 0.6) is 0 Å². The first kappa shape index (κ1) is 18.2. The van der Waals surface area contributed by atoms with Gasteiger partial charge in [-0.15, -0.1) is 0 Å². The molecule has 0 unspecified atom stereocenters. The van der Waals surface area contributed by atoms with Gasteiger partial charge >= 0.3 is 0 Å². The van der Waals surface area contributed by atoms with Gasteiger partial charge in [0.25, 0.3) is 11.1 Å². The normalized spacial score (nSPS) is 12.0. The van der Waals surface area contributed by atoms with Crippen LogP contribution in [0.2, 0.25) is 0 Å². The number of carbonyl (C=O) groups excluding carboxylic acids is 1. The highest BCUT2D eigenvalue weighted by molar-refractivity contribution is 7.99. The lowest BCUT2D eigenvalue weighted by molar-refractivity contribution is -0.118. The van der Waals surface area contributed by atoms with Crippen LogP contribution in [-0.2, 0) is 10.2 Å². The summed E-state index contributed by atoms with van der Waals surface area (Å²) in [7, 11) is 0. The number of rotatable bonds is 5. The summed E-state index contributed by atoms with van der Waals surface area (Å²) in [4.78, 5) is 16.2. The van der Waals surface area contributed by atoms with Crippen LogP contribution in [0.15, 0.2) is 63.3 Å². The molecule has 134 valence electrons. The van der Waals surface area contributed by atoms with Crippen molar-refractivity contribution in [2.75, 3.05) is 5.75 Å². The van der Waals surface area contributed by atoms with E-state index in [4.69, 9.17) is 4.42 Å². The Labute approximate surface area is 156 Å². The van der Waals surface area contributed by atoms with Crippen LogP contribution in [0, 0.1) is 0 Å². The molecule has 0 spiro atoms. The lowest BCUT2D eigenvalue weighted by Crippen LogP contribution is -2.19. The molecule has 2 aromatic carbocycles. The number of benzene rings is 2. The van der Waals surface area contributed by atoms with Gasteiger partial charge in [0, 0.05) is 0 Å². The zero-order valence-electron chi connectivity index (χ0n) is 15.0. The number of oxazole rings is 1. The number of nitrogens with zero attached hydrogens (tertiary/aromatic N) is 2. The number of nitrogens with one attached hydrogen (secondary N) is 1. The number of carbonyl (C=O) groups is 1. The molecule has 0 aliphatic heterocycles. The third kappa shape index (κ3) is 4.73. The van der Waals surface area contributed by atoms with Crippen molar-refractivity contribution in [3.63, 3.8) is 0 Å². The third-order valence-corrected chi connectivity index (χ3v) is 4.61. The number of thioether (sulfide) groups is 1. The van der Waals surface area contributed by atoms with Crippen molar-refractivity contribution in [2.24, 2.45) is 5.10 Å².